The van der Waals surface area contributed by atoms with E-state index in [0.717, 1.165) is 31.2 Å². The van der Waals surface area contributed by atoms with Crippen LogP contribution in [0.4, 0.5) is 0 Å². The average molecular weight is 244 g/mol. The molecule has 0 amide bonds. The molecule has 0 aliphatic carbocycles. The molecule has 0 heterocycles. The van der Waals surface area contributed by atoms with E-state index in [1.165, 1.54) is 0 Å². The summed E-state index contributed by atoms with van der Waals surface area (Å²) < 4.78 is 5.34. The Balaban J connectivity index is 0. The smallest absolute Gasteiger partial charge is 1.00 e. The van der Waals surface area contributed by atoms with Crippen LogP contribution in [0.1, 0.15) is 46.5 Å². The maximum Gasteiger partial charge on any atom is 1.00 e. The molecule has 3 heteroatoms. The van der Waals surface area contributed by atoms with Crippen molar-refractivity contribution in [3.05, 3.63) is 29.8 Å². The van der Waals surface area contributed by atoms with E-state index in [0.29, 0.717) is 12.2 Å². The third kappa shape index (κ3) is 6.25. The molecule has 0 aliphatic rings. The molecule has 0 fully saturated rings. The summed E-state index contributed by atoms with van der Waals surface area (Å²) >= 11 is 0. The van der Waals surface area contributed by atoms with Gasteiger partial charge in [0.15, 0.2) is 0 Å². The quantitative estimate of drug-likeness (QED) is 0.321. The van der Waals surface area contributed by atoms with Gasteiger partial charge in [-0.1, -0.05) is 44.9 Å². The second kappa shape index (κ2) is 9.69. The summed E-state index contributed by atoms with van der Waals surface area (Å²) in [5, 5.41) is 0. The first-order valence-electron chi connectivity index (χ1n) is 6.06. The predicted molar refractivity (Wildman–Crippen MR) is 66.7 cm³/mol. The Kier molecular flexibility index (Phi) is 9.52. The summed E-state index contributed by atoms with van der Waals surface area (Å²) in [6.45, 7) is 4.18. The van der Waals surface area contributed by atoms with E-state index in [1.54, 1.807) is 0 Å². The largest absolute Gasteiger partial charge is 1.00 e. The van der Waals surface area contributed by atoms with Gasteiger partial charge < -0.3 is 6.16 Å². The molecule has 1 rings (SSSR count). The van der Waals surface area contributed by atoms with Crippen molar-refractivity contribution < 1.29 is 40.5 Å². The zero-order valence-corrected chi connectivity index (χ0v) is 13.2. The maximum atomic E-state index is 11.5. The van der Waals surface area contributed by atoms with Crippen LogP contribution in [0, 0.1) is 0 Å². The van der Waals surface area contributed by atoms with Crippen molar-refractivity contribution in [3.63, 3.8) is 0 Å². The van der Waals surface area contributed by atoms with Gasteiger partial charge in [-0.15, -0.1) is 0 Å². The molecule has 17 heavy (non-hydrogen) atoms. The van der Waals surface area contributed by atoms with Gasteiger partial charge in [-0.2, -0.15) is 0 Å². The molecule has 0 bridgehead atoms. The fraction of sp³-hybridized carbons (Fsp3) is 0.500. The van der Waals surface area contributed by atoms with Crippen LogP contribution in [0.3, 0.4) is 0 Å². The van der Waals surface area contributed by atoms with Gasteiger partial charge in [-0.25, -0.2) is 0 Å². The minimum Gasteiger partial charge on any atom is -1.00 e. The predicted octanol–water partition coefficient (Wildman–Crippen LogP) is 0.851. The third-order valence-electron chi connectivity index (χ3n) is 2.56. The second-order valence-electron chi connectivity index (χ2n) is 3.89. The number of ether oxygens (including phenoxy) is 1. The van der Waals surface area contributed by atoms with Crippen LogP contribution in [0.5, 0.6) is 5.75 Å². The van der Waals surface area contributed by atoms with Crippen LogP contribution < -0.4 is 34.3 Å². The first-order chi connectivity index (χ1) is 7.77. The van der Waals surface area contributed by atoms with E-state index in [1.807, 2.05) is 24.3 Å². The monoisotopic (exact) mass is 244 g/mol. The minimum absolute atomic E-state index is 0. The molecular formula is C14H21NaO2. The molecule has 0 saturated heterocycles. The first kappa shape index (κ1) is 16.7. The fourth-order valence-electron chi connectivity index (χ4n) is 1.59. The van der Waals surface area contributed by atoms with Gasteiger partial charge in [0.25, 0.3) is 0 Å². The van der Waals surface area contributed by atoms with E-state index in [-0.39, 0.29) is 37.0 Å². The summed E-state index contributed by atoms with van der Waals surface area (Å²) in [6, 6.07) is 7.71. The van der Waals surface area contributed by atoms with E-state index in [9.17, 15) is 4.79 Å². The van der Waals surface area contributed by atoms with Gasteiger partial charge >= 0.3 is 35.5 Å². The van der Waals surface area contributed by atoms with Gasteiger partial charge in [-0.05, 0) is 24.5 Å². The van der Waals surface area contributed by atoms with Crippen molar-refractivity contribution in [2.45, 2.75) is 46.0 Å². The number of para-hydroxylation sites is 1. The Morgan fingerprint density at radius 1 is 1.24 bits per heavy atom. The topological polar surface area (TPSA) is 26.3 Å². The number of rotatable bonds is 6. The Bertz CT molecular complexity index is 342. The van der Waals surface area contributed by atoms with Crippen LogP contribution in [-0.2, 0) is 11.2 Å². The standard InChI is InChI=1S/C14H20O2.Na.H/c1-3-5-6-11-14(15)16-13-10-8-7-9-12(13)4-2;;/h7-10H,3-6,11H2,1-2H3;;/q;+1;-1. The number of benzene rings is 1. The summed E-state index contributed by atoms with van der Waals surface area (Å²) in [6.07, 6.45) is 4.54. The number of unbranched alkanes of at least 4 members (excludes halogenated alkanes) is 2. The van der Waals surface area contributed by atoms with Crippen LogP contribution in [0.2, 0.25) is 0 Å². The normalized spacial score (nSPS) is 9.53. The van der Waals surface area contributed by atoms with Crippen molar-refractivity contribution in [1.82, 2.24) is 0 Å². The Morgan fingerprint density at radius 3 is 2.59 bits per heavy atom. The fourth-order valence-corrected chi connectivity index (χ4v) is 1.59. The minimum atomic E-state index is -0.116. The summed E-state index contributed by atoms with van der Waals surface area (Å²) in [7, 11) is 0. The number of carbonyl (C=O) groups is 1. The van der Waals surface area contributed by atoms with E-state index >= 15 is 0 Å². The molecule has 0 radical (unpaired) electrons. The van der Waals surface area contributed by atoms with Crippen molar-refractivity contribution in [2.24, 2.45) is 0 Å². The van der Waals surface area contributed by atoms with Gasteiger partial charge in [0.05, 0.1) is 0 Å². The van der Waals surface area contributed by atoms with Crippen molar-refractivity contribution in [1.29, 1.82) is 0 Å². The number of esters is 1. The molecule has 0 spiro atoms. The molecule has 0 atom stereocenters. The Labute approximate surface area is 128 Å². The van der Waals surface area contributed by atoms with Gasteiger partial charge in [-0.3, -0.25) is 4.79 Å². The number of hydrogen-bond acceptors (Lipinski definition) is 2. The van der Waals surface area contributed by atoms with Crippen LogP contribution in [-0.4, -0.2) is 5.97 Å². The SMILES string of the molecule is CCCCCC(=O)Oc1ccccc1CC.[H-].[Na+]. The van der Waals surface area contributed by atoms with Crippen LogP contribution in [0.15, 0.2) is 24.3 Å². The molecule has 1 aromatic rings. The van der Waals surface area contributed by atoms with Crippen LogP contribution >= 0.6 is 0 Å². The summed E-state index contributed by atoms with van der Waals surface area (Å²) in [4.78, 5) is 11.5. The van der Waals surface area contributed by atoms with Crippen molar-refractivity contribution >= 4 is 5.97 Å². The Morgan fingerprint density at radius 2 is 1.94 bits per heavy atom. The zero-order chi connectivity index (χ0) is 11.8. The van der Waals surface area contributed by atoms with Crippen LogP contribution in [0.25, 0.3) is 0 Å². The second-order valence-corrected chi connectivity index (χ2v) is 3.89. The molecule has 1 aromatic carbocycles. The third-order valence-corrected chi connectivity index (χ3v) is 2.56. The molecule has 0 aromatic heterocycles. The summed E-state index contributed by atoms with van der Waals surface area (Å²) in [5.74, 6) is 0.598. The zero-order valence-electron chi connectivity index (χ0n) is 12.2. The number of carbonyl (C=O) groups excluding carboxylic acids is 1. The number of aryl methyl sites for hydroxylation is 1. The Hall–Kier alpha value is -0.310. The van der Waals surface area contributed by atoms with Gasteiger partial charge in [0.2, 0.25) is 0 Å². The van der Waals surface area contributed by atoms with Crippen molar-refractivity contribution in [3.8, 4) is 5.75 Å². The van der Waals surface area contributed by atoms with Crippen molar-refractivity contribution in [2.75, 3.05) is 0 Å². The molecule has 90 valence electrons. The maximum absolute atomic E-state index is 11.5. The summed E-state index contributed by atoms with van der Waals surface area (Å²) in [5.41, 5.74) is 1.09. The molecule has 0 N–H and O–H groups in total. The van der Waals surface area contributed by atoms with E-state index < -0.39 is 0 Å². The first-order valence-corrected chi connectivity index (χ1v) is 6.06. The average Bonchev–Trinajstić information content (AvgIpc) is 2.30. The van der Waals surface area contributed by atoms with E-state index in [4.69, 9.17) is 4.74 Å². The number of hydrogen-bond donors (Lipinski definition) is 0. The molecular weight excluding hydrogens is 223 g/mol. The molecule has 0 unspecified atom stereocenters. The molecule has 0 aliphatic heterocycles. The molecule has 2 nitrogen and oxygen atoms in total. The van der Waals surface area contributed by atoms with Gasteiger partial charge in [0, 0.05) is 6.42 Å². The molecule has 0 saturated carbocycles. The van der Waals surface area contributed by atoms with Gasteiger partial charge in [0.1, 0.15) is 5.75 Å². The van der Waals surface area contributed by atoms with E-state index in [2.05, 4.69) is 13.8 Å².